The van der Waals surface area contributed by atoms with E-state index in [0.29, 0.717) is 11.3 Å². The maximum atomic E-state index is 11.9. The molecule has 6 heteroatoms. The van der Waals surface area contributed by atoms with Crippen LogP contribution in [0.3, 0.4) is 0 Å². The van der Waals surface area contributed by atoms with Gasteiger partial charge in [0.05, 0.1) is 37.0 Å². The second-order valence-corrected chi connectivity index (χ2v) is 6.00. The maximum Gasteiger partial charge on any atom is 0.341 e. The van der Waals surface area contributed by atoms with Crippen molar-refractivity contribution in [3.8, 4) is 11.4 Å². The third-order valence-electron chi connectivity index (χ3n) is 4.25. The first-order chi connectivity index (χ1) is 13.0. The van der Waals surface area contributed by atoms with E-state index in [1.165, 1.54) is 7.11 Å². The van der Waals surface area contributed by atoms with Crippen LogP contribution in [-0.2, 0) is 4.74 Å². The lowest BCUT2D eigenvalue weighted by molar-refractivity contribution is 0.0599. The maximum absolute atomic E-state index is 11.9. The monoisotopic (exact) mass is 363 g/mol. The van der Waals surface area contributed by atoms with Crippen LogP contribution in [0.2, 0.25) is 0 Å². The number of benzene rings is 2. The quantitative estimate of drug-likeness (QED) is 0.507. The van der Waals surface area contributed by atoms with Crippen molar-refractivity contribution in [3.05, 3.63) is 71.0 Å². The molecule has 2 aromatic carbocycles. The lowest BCUT2D eigenvalue weighted by Crippen LogP contribution is -2.05. The number of carbonyl (C=O) groups excluding carboxylic acids is 1. The van der Waals surface area contributed by atoms with Gasteiger partial charge in [0, 0.05) is 6.21 Å². The average Bonchev–Trinajstić information content (AvgIpc) is 3.00. The molecule has 0 unspecified atom stereocenters. The van der Waals surface area contributed by atoms with E-state index in [9.17, 15) is 4.79 Å². The third kappa shape index (κ3) is 3.89. The number of carbonyl (C=O) groups is 1. The first kappa shape index (κ1) is 18.4. The molecule has 3 aromatic rings. The molecule has 1 heterocycles. The number of nitrogens with zero attached hydrogens (tertiary/aromatic N) is 3. The molecular formula is C21H21N3O3. The van der Waals surface area contributed by atoms with Gasteiger partial charge in [-0.2, -0.15) is 5.10 Å². The Hall–Kier alpha value is -3.41. The molecule has 0 atom stereocenters. The van der Waals surface area contributed by atoms with Gasteiger partial charge in [-0.1, -0.05) is 0 Å². The normalized spacial score (nSPS) is 11.0. The van der Waals surface area contributed by atoms with Gasteiger partial charge in [0.15, 0.2) is 0 Å². The zero-order chi connectivity index (χ0) is 19.4. The second kappa shape index (κ2) is 7.86. The fourth-order valence-corrected chi connectivity index (χ4v) is 2.81. The average molecular weight is 363 g/mol. The Kier molecular flexibility index (Phi) is 5.35. The van der Waals surface area contributed by atoms with Gasteiger partial charge in [0.1, 0.15) is 11.3 Å². The van der Waals surface area contributed by atoms with E-state index in [-0.39, 0.29) is 5.97 Å². The van der Waals surface area contributed by atoms with Gasteiger partial charge in [0.25, 0.3) is 0 Å². The van der Waals surface area contributed by atoms with Crippen molar-refractivity contribution in [3.63, 3.8) is 0 Å². The van der Waals surface area contributed by atoms with Crippen LogP contribution in [0.5, 0.6) is 5.75 Å². The lowest BCUT2D eigenvalue weighted by atomic mass is 10.2. The smallest absolute Gasteiger partial charge is 0.341 e. The Morgan fingerprint density at radius 2 is 1.70 bits per heavy atom. The van der Waals surface area contributed by atoms with Crippen molar-refractivity contribution in [1.82, 2.24) is 9.78 Å². The number of rotatable bonds is 5. The lowest BCUT2D eigenvalue weighted by Gasteiger charge is -2.05. The standard InChI is InChI=1S/C21H21N3O3/c1-14-20(21(25)27-4)15(2)24(23-14)18-9-7-17(8-10-18)22-13-16-5-11-19(26-3)12-6-16/h5-13H,1-4H3. The van der Waals surface area contributed by atoms with Gasteiger partial charge >= 0.3 is 5.97 Å². The fourth-order valence-electron chi connectivity index (χ4n) is 2.81. The van der Waals surface area contributed by atoms with Crippen molar-refractivity contribution < 1.29 is 14.3 Å². The van der Waals surface area contributed by atoms with Crippen LogP contribution in [0.15, 0.2) is 53.5 Å². The summed E-state index contributed by atoms with van der Waals surface area (Å²) in [6.45, 7) is 3.64. The number of hydrogen-bond donors (Lipinski definition) is 0. The molecule has 0 spiro atoms. The third-order valence-corrected chi connectivity index (χ3v) is 4.25. The largest absolute Gasteiger partial charge is 0.497 e. The van der Waals surface area contributed by atoms with Gasteiger partial charge in [-0.3, -0.25) is 4.99 Å². The first-order valence-corrected chi connectivity index (χ1v) is 8.46. The summed E-state index contributed by atoms with van der Waals surface area (Å²) in [5.74, 6) is 0.435. The first-order valence-electron chi connectivity index (χ1n) is 8.46. The highest BCUT2D eigenvalue weighted by Gasteiger charge is 2.19. The molecule has 0 saturated heterocycles. The molecule has 0 N–H and O–H groups in total. The number of aromatic nitrogens is 2. The number of esters is 1. The van der Waals surface area contributed by atoms with Gasteiger partial charge in [-0.25, -0.2) is 9.48 Å². The van der Waals surface area contributed by atoms with Gasteiger partial charge < -0.3 is 9.47 Å². The van der Waals surface area contributed by atoms with Gasteiger partial charge in [0.2, 0.25) is 0 Å². The van der Waals surface area contributed by atoms with Gasteiger partial charge in [-0.15, -0.1) is 0 Å². The van der Waals surface area contributed by atoms with E-state index in [1.807, 2.05) is 55.5 Å². The molecule has 0 saturated carbocycles. The highest BCUT2D eigenvalue weighted by atomic mass is 16.5. The zero-order valence-corrected chi connectivity index (χ0v) is 15.8. The summed E-state index contributed by atoms with van der Waals surface area (Å²) < 4.78 is 11.7. The van der Waals surface area contributed by atoms with Crippen molar-refractivity contribution in [2.45, 2.75) is 13.8 Å². The number of aryl methyl sites for hydroxylation is 1. The molecule has 0 aliphatic heterocycles. The number of hydrogen-bond acceptors (Lipinski definition) is 5. The fraction of sp³-hybridized carbons (Fsp3) is 0.190. The molecule has 0 aliphatic rings. The minimum absolute atomic E-state index is 0.378. The highest BCUT2D eigenvalue weighted by Crippen LogP contribution is 2.21. The van der Waals surface area contributed by atoms with Crippen molar-refractivity contribution in [2.24, 2.45) is 4.99 Å². The van der Waals surface area contributed by atoms with E-state index < -0.39 is 0 Å². The Morgan fingerprint density at radius 3 is 2.30 bits per heavy atom. The van der Waals surface area contributed by atoms with E-state index in [0.717, 1.165) is 28.4 Å². The zero-order valence-electron chi connectivity index (χ0n) is 15.8. The molecule has 0 amide bonds. The summed E-state index contributed by atoms with van der Waals surface area (Å²) >= 11 is 0. The SMILES string of the molecule is COC(=O)c1c(C)nn(-c2ccc(N=Cc3ccc(OC)cc3)cc2)c1C. The molecule has 0 fully saturated rings. The summed E-state index contributed by atoms with van der Waals surface area (Å²) in [6.07, 6.45) is 1.80. The predicted octanol–water partition coefficient (Wildman–Crippen LogP) is 4.03. The minimum Gasteiger partial charge on any atom is -0.497 e. The summed E-state index contributed by atoms with van der Waals surface area (Å²) in [7, 11) is 3.01. The molecule has 138 valence electrons. The molecule has 6 nitrogen and oxygen atoms in total. The topological polar surface area (TPSA) is 65.7 Å². The number of aliphatic imine (C=N–C) groups is 1. The van der Waals surface area contributed by atoms with Crippen LogP contribution in [0.4, 0.5) is 5.69 Å². The molecule has 0 radical (unpaired) electrons. The van der Waals surface area contributed by atoms with Crippen LogP contribution in [-0.4, -0.2) is 36.2 Å². The van der Waals surface area contributed by atoms with E-state index in [2.05, 4.69) is 10.1 Å². The number of methoxy groups -OCH3 is 2. The molecule has 27 heavy (non-hydrogen) atoms. The van der Waals surface area contributed by atoms with E-state index in [1.54, 1.807) is 24.9 Å². The molecule has 0 aliphatic carbocycles. The summed E-state index contributed by atoms with van der Waals surface area (Å²) in [5, 5.41) is 4.45. The van der Waals surface area contributed by atoms with Crippen LogP contribution in [0.1, 0.15) is 27.3 Å². The van der Waals surface area contributed by atoms with Crippen LogP contribution in [0, 0.1) is 13.8 Å². The van der Waals surface area contributed by atoms with Crippen LogP contribution in [0.25, 0.3) is 5.69 Å². The van der Waals surface area contributed by atoms with Crippen molar-refractivity contribution in [1.29, 1.82) is 0 Å². The molecule has 0 bridgehead atoms. The molecule has 1 aromatic heterocycles. The minimum atomic E-state index is -0.378. The van der Waals surface area contributed by atoms with Crippen molar-refractivity contribution >= 4 is 17.9 Å². The van der Waals surface area contributed by atoms with E-state index >= 15 is 0 Å². The predicted molar refractivity (Wildman–Crippen MR) is 105 cm³/mol. The summed E-state index contributed by atoms with van der Waals surface area (Å²) in [5.41, 5.74) is 4.55. The second-order valence-electron chi connectivity index (χ2n) is 6.00. The highest BCUT2D eigenvalue weighted by molar-refractivity contribution is 5.92. The molecular weight excluding hydrogens is 342 g/mol. The number of ether oxygens (including phenoxy) is 2. The Balaban J connectivity index is 1.81. The van der Waals surface area contributed by atoms with Crippen LogP contribution < -0.4 is 4.74 Å². The summed E-state index contributed by atoms with van der Waals surface area (Å²) in [6, 6.07) is 15.3. The Labute approximate surface area is 158 Å². The van der Waals surface area contributed by atoms with Gasteiger partial charge in [-0.05, 0) is 67.9 Å². The Bertz CT molecular complexity index is 971. The summed E-state index contributed by atoms with van der Waals surface area (Å²) in [4.78, 5) is 16.4. The van der Waals surface area contributed by atoms with Crippen LogP contribution >= 0.6 is 0 Å². The van der Waals surface area contributed by atoms with Crippen molar-refractivity contribution in [2.75, 3.05) is 14.2 Å². The Morgan fingerprint density at radius 1 is 1.04 bits per heavy atom. The molecule has 3 rings (SSSR count). The van der Waals surface area contributed by atoms with E-state index in [4.69, 9.17) is 9.47 Å².